The number of ether oxygens (including phenoxy) is 1. The number of nitrogens with zero attached hydrogens (tertiary/aromatic N) is 1. The number of morpholine rings is 1. The first-order valence-electron chi connectivity index (χ1n) is 7.90. The second-order valence-corrected chi connectivity index (χ2v) is 6.32. The summed E-state index contributed by atoms with van der Waals surface area (Å²) in [4.78, 5) is 2.49. The van der Waals surface area contributed by atoms with Gasteiger partial charge in [0, 0.05) is 38.3 Å². The lowest BCUT2D eigenvalue weighted by Gasteiger charge is -2.37. The van der Waals surface area contributed by atoms with Crippen LogP contribution < -0.4 is 5.32 Å². The molecule has 1 saturated heterocycles. The van der Waals surface area contributed by atoms with Gasteiger partial charge in [0.1, 0.15) is 0 Å². The van der Waals surface area contributed by atoms with E-state index in [1.165, 1.54) is 19.3 Å². The van der Waals surface area contributed by atoms with Crippen molar-refractivity contribution in [1.29, 1.82) is 0 Å². The molecule has 1 heterocycles. The van der Waals surface area contributed by atoms with Gasteiger partial charge in [-0.05, 0) is 32.6 Å². The molecule has 0 aromatic heterocycles. The minimum atomic E-state index is 0.303. The largest absolute Gasteiger partial charge is 0.396 e. The van der Waals surface area contributed by atoms with Crippen molar-refractivity contribution in [3.63, 3.8) is 0 Å². The van der Waals surface area contributed by atoms with Crippen molar-refractivity contribution in [3.8, 4) is 0 Å². The zero-order chi connectivity index (χ0) is 13.7. The van der Waals surface area contributed by atoms with Crippen LogP contribution in [-0.2, 0) is 4.74 Å². The number of hydrogen-bond donors (Lipinski definition) is 2. The Labute approximate surface area is 117 Å². The minimum Gasteiger partial charge on any atom is -0.396 e. The fourth-order valence-corrected chi connectivity index (χ4v) is 3.31. The third-order valence-corrected chi connectivity index (χ3v) is 4.65. The Balaban J connectivity index is 1.74. The Morgan fingerprint density at radius 3 is 2.84 bits per heavy atom. The summed E-state index contributed by atoms with van der Waals surface area (Å²) >= 11 is 0. The summed E-state index contributed by atoms with van der Waals surface area (Å²) in [5, 5.41) is 13.1. The quantitative estimate of drug-likeness (QED) is 0.789. The van der Waals surface area contributed by atoms with E-state index in [-0.39, 0.29) is 0 Å². The standard InChI is InChI=1S/C15H30N2O2/c1-12(2)17-7-8-19-14(10-17)9-16-15-6-4-3-5-13(15)11-18/h12-16,18H,3-11H2,1-2H3. The zero-order valence-corrected chi connectivity index (χ0v) is 12.5. The summed E-state index contributed by atoms with van der Waals surface area (Å²) in [6.45, 7) is 8.67. The molecule has 1 saturated carbocycles. The van der Waals surface area contributed by atoms with Gasteiger partial charge in [0.05, 0.1) is 12.7 Å². The van der Waals surface area contributed by atoms with Crippen LogP contribution >= 0.6 is 0 Å². The highest BCUT2D eigenvalue weighted by molar-refractivity contribution is 4.83. The van der Waals surface area contributed by atoms with Crippen LogP contribution in [0.2, 0.25) is 0 Å². The monoisotopic (exact) mass is 270 g/mol. The van der Waals surface area contributed by atoms with Gasteiger partial charge in [0.2, 0.25) is 0 Å². The van der Waals surface area contributed by atoms with E-state index in [9.17, 15) is 5.11 Å². The van der Waals surface area contributed by atoms with Crippen LogP contribution in [0.4, 0.5) is 0 Å². The number of hydrogen-bond acceptors (Lipinski definition) is 4. The fourth-order valence-electron chi connectivity index (χ4n) is 3.31. The SMILES string of the molecule is CC(C)N1CCOC(CNC2CCCCC2CO)C1. The lowest BCUT2D eigenvalue weighted by molar-refractivity contribution is -0.0397. The van der Waals surface area contributed by atoms with Crippen molar-refractivity contribution in [2.75, 3.05) is 32.8 Å². The molecular weight excluding hydrogens is 240 g/mol. The van der Waals surface area contributed by atoms with Crippen LogP contribution in [0.3, 0.4) is 0 Å². The molecule has 3 atom stereocenters. The van der Waals surface area contributed by atoms with E-state index in [2.05, 4.69) is 24.1 Å². The smallest absolute Gasteiger partial charge is 0.0826 e. The average Bonchev–Trinajstić information content (AvgIpc) is 2.45. The maximum atomic E-state index is 9.43. The van der Waals surface area contributed by atoms with Crippen LogP contribution in [-0.4, -0.2) is 61.0 Å². The third kappa shape index (κ3) is 4.42. The highest BCUT2D eigenvalue weighted by atomic mass is 16.5. The Bertz CT molecular complexity index is 261. The van der Waals surface area contributed by atoms with Crippen molar-refractivity contribution in [1.82, 2.24) is 10.2 Å². The molecule has 1 aliphatic carbocycles. The van der Waals surface area contributed by atoms with Crippen LogP contribution in [0.5, 0.6) is 0 Å². The molecule has 112 valence electrons. The fraction of sp³-hybridized carbons (Fsp3) is 1.00. The Morgan fingerprint density at radius 2 is 2.11 bits per heavy atom. The van der Waals surface area contributed by atoms with E-state index in [4.69, 9.17) is 4.74 Å². The Kier molecular flexibility index (Phi) is 6.07. The van der Waals surface area contributed by atoms with E-state index < -0.39 is 0 Å². The summed E-state index contributed by atoms with van der Waals surface area (Å²) in [6.07, 6.45) is 5.23. The molecule has 4 heteroatoms. The summed E-state index contributed by atoms with van der Waals surface area (Å²) in [7, 11) is 0. The molecule has 2 N–H and O–H groups in total. The van der Waals surface area contributed by atoms with Crippen molar-refractivity contribution < 1.29 is 9.84 Å². The van der Waals surface area contributed by atoms with Crippen LogP contribution in [0.25, 0.3) is 0 Å². The molecule has 1 aliphatic heterocycles. The zero-order valence-electron chi connectivity index (χ0n) is 12.5. The number of nitrogens with one attached hydrogen (secondary N) is 1. The first kappa shape index (κ1) is 15.2. The lowest BCUT2D eigenvalue weighted by Crippen LogP contribution is -2.51. The van der Waals surface area contributed by atoms with E-state index in [0.717, 1.165) is 32.7 Å². The normalized spacial score (nSPS) is 33.8. The van der Waals surface area contributed by atoms with Crippen LogP contribution in [0, 0.1) is 5.92 Å². The van der Waals surface area contributed by atoms with E-state index >= 15 is 0 Å². The Hall–Kier alpha value is -0.160. The molecule has 2 aliphatic rings. The summed E-state index contributed by atoms with van der Waals surface area (Å²) in [6, 6.07) is 1.09. The molecule has 4 nitrogen and oxygen atoms in total. The number of aliphatic hydroxyl groups excluding tert-OH is 1. The maximum Gasteiger partial charge on any atom is 0.0826 e. The molecular formula is C15H30N2O2. The van der Waals surface area contributed by atoms with Crippen LogP contribution in [0.1, 0.15) is 39.5 Å². The molecule has 0 aromatic rings. The molecule has 19 heavy (non-hydrogen) atoms. The van der Waals surface area contributed by atoms with E-state index in [1.807, 2.05) is 0 Å². The van der Waals surface area contributed by atoms with Gasteiger partial charge in [-0.1, -0.05) is 12.8 Å². The van der Waals surface area contributed by atoms with Gasteiger partial charge in [-0.3, -0.25) is 4.90 Å². The maximum absolute atomic E-state index is 9.43. The lowest BCUT2D eigenvalue weighted by atomic mass is 9.85. The van der Waals surface area contributed by atoms with Gasteiger partial charge in [-0.15, -0.1) is 0 Å². The topological polar surface area (TPSA) is 44.7 Å². The summed E-state index contributed by atoms with van der Waals surface area (Å²) in [5.74, 6) is 0.443. The van der Waals surface area contributed by atoms with E-state index in [0.29, 0.717) is 30.7 Å². The molecule has 0 aromatic carbocycles. The predicted octanol–water partition coefficient (Wildman–Crippen LogP) is 1.24. The number of aliphatic hydroxyl groups is 1. The summed E-state index contributed by atoms with van der Waals surface area (Å²) < 4.78 is 5.85. The van der Waals surface area contributed by atoms with Gasteiger partial charge >= 0.3 is 0 Å². The molecule has 0 bridgehead atoms. The second-order valence-electron chi connectivity index (χ2n) is 6.32. The average molecular weight is 270 g/mol. The van der Waals surface area contributed by atoms with Gasteiger partial charge in [-0.25, -0.2) is 0 Å². The van der Waals surface area contributed by atoms with Gasteiger partial charge in [0.25, 0.3) is 0 Å². The number of rotatable bonds is 5. The second kappa shape index (κ2) is 7.58. The molecule has 2 rings (SSSR count). The van der Waals surface area contributed by atoms with Crippen molar-refractivity contribution in [2.24, 2.45) is 5.92 Å². The van der Waals surface area contributed by atoms with E-state index in [1.54, 1.807) is 0 Å². The van der Waals surface area contributed by atoms with Gasteiger partial charge in [-0.2, -0.15) is 0 Å². The predicted molar refractivity (Wildman–Crippen MR) is 77.3 cm³/mol. The molecule has 0 spiro atoms. The van der Waals surface area contributed by atoms with Crippen molar-refractivity contribution in [2.45, 2.75) is 57.7 Å². The first-order valence-corrected chi connectivity index (χ1v) is 7.90. The van der Waals surface area contributed by atoms with Crippen molar-refractivity contribution in [3.05, 3.63) is 0 Å². The molecule has 2 fully saturated rings. The highest BCUT2D eigenvalue weighted by Gasteiger charge is 2.27. The Morgan fingerprint density at radius 1 is 1.32 bits per heavy atom. The third-order valence-electron chi connectivity index (χ3n) is 4.65. The molecule has 3 unspecified atom stereocenters. The van der Waals surface area contributed by atoms with Crippen molar-refractivity contribution >= 4 is 0 Å². The van der Waals surface area contributed by atoms with Gasteiger partial charge in [0.15, 0.2) is 0 Å². The van der Waals surface area contributed by atoms with Crippen LogP contribution in [0.15, 0.2) is 0 Å². The first-order chi connectivity index (χ1) is 9.20. The summed E-state index contributed by atoms with van der Waals surface area (Å²) in [5.41, 5.74) is 0. The minimum absolute atomic E-state index is 0.303. The van der Waals surface area contributed by atoms with Gasteiger partial charge < -0.3 is 15.2 Å². The highest BCUT2D eigenvalue weighted by Crippen LogP contribution is 2.24. The molecule has 0 radical (unpaired) electrons. The molecule has 0 amide bonds.